The van der Waals surface area contributed by atoms with Crippen LogP contribution in [0.15, 0.2) is 30.3 Å². The molecule has 2 aliphatic rings. The van der Waals surface area contributed by atoms with E-state index in [9.17, 15) is 4.79 Å². The van der Waals surface area contributed by atoms with Crippen LogP contribution < -0.4 is 5.32 Å². The lowest BCUT2D eigenvalue weighted by atomic mass is 9.65. The number of hydrogen-bond donors (Lipinski definition) is 1. The maximum absolute atomic E-state index is 12.0. The van der Waals surface area contributed by atoms with Crippen molar-refractivity contribution in [2.75, 3.05) is 0 Å². The summed E-state index contributed by atoms with van der Waals surface area (Å²) in [7, 11) is 0. The van der Waals surface area contributed by atoms with Crippen LogP contribution in [0.1, 0.15) is 44.6 Å². The zero-order chi connectivity index (χ0) is 14.7. The summed E-state index contributed by atoms with van der Waals surface area (Å²) < 4.78 is 5.34. The van der Waals surface area contributed by atoms with Crippen LogP contribution in [0.5, 0.6) is 0 Å². The summed E-state index contributed by atoms with van der Waals surface area (Å²) in [5, 5.41) is 3.10. The largest absolute Gasteiger partial charge is 0.445 e. The van der Waals surface area contributed by atoms with E-state index in [1.54, 1.807) is 0 Å². The lowest BCUT2D eigenvalue weighted by Gasteiger charge is -2.43. The second kappa shape index (κ2) is 6.50. The average Bonchev–Trinajstić information content (AvgIpc) is 2.52. The average molecular weight is 287 g/mol. The van der Waals surface area contributed by atoms with Crippen molar-refractivity contribution in [2.24, 2.45) is 17.8 Å². The molecular formula is C18H25NO2. The number of alkyl carbamates (subject to hydrolysis) is 1. The highest BCUT2D eigenvalue weighted by Crippen LogP contribution is 2.43. The molecule has 1 aromatic rings. The summed E-state index contributed by atoms with van der Waals surface area (Å²) in [6, 6.07) is 10.1. The minimum Gasteiger partial charge on any atom is -0.445 e. The lowest BCUT2D eigenvalue weighted by Crippen LogP contribution is -2.46. The Morgan fingerprint density at radius 3 is 2.71 bits per heavy atom. The minimum absolute atomic E-state index is 0.263. The predicted molar refractivity (Wildman–Crippen MR) is 82.8 cm³/mol. The van der Waals surface area contributed by atoms with E-state index in [0.717, 1.165) is 23.8 Å². The Bertz CT molecular complexity index is 473. The van der Waals surface area contributed by atoms with E-state index in [2.05, 4.69) is 12.2 Å². The van der Waals surface area contributed by atoms with E-state index in [-0.39, 0.29) is 6.09 Å². The van der Waals surface area contributed by atoms with Crippen molar-refractivity contribution in [1.82, 2.24) is 5.32 Å². The summed E-state index contributed by atoms with van der Waals surface area (Å²) >= 11 is 0. The van der Waals surface area contributed by atoms with Crippen LogP contribution in [0, 0.1) is 17.8 Å². The van der Waals surface area contributed by atoms with Crippen molar-refractivity contribution < 1.29 is 9.53 Å². The van der Waals surface area contributed by atoms with Gasteiger partial charge in [0.05, 0.1) is 0 Å². The predicted octanol–water partition coefficient (Wildman–Crippen LogP) is 4.13. The number of carbonyl (C=O) groups excluding carboxylic acids is 1. The van der Waals surface area contributed by atoms with Gasteiger partial charge in [-0.1, -0.05) is 43.7 Å². The molecule has 114 valence electrons. The fourth-order valence-electron chi connectivity index (χ4n) is 3.96. The van der Waals surface area contributed by atoms with Crippen LogP contribution in [0.3, 0.4) is 0 Å². The minimum atomic E-state index is -0.263. The number of ether oxygens (including phenoxy) is 1. The zero-order valence-corrected chi connectivity index (χ0v) is 12.8. The van der Waals surface area contributed by atoms with Crippen LogP contribution in [0.2, 0.25) is 0 Å². The number of carbonyl (C=O) groups is 1. The van der Waals surface area contributed by atoms with Gasteiger partial charge in [-0.2, -0.15) is 0 Å². The summed E-state index contributed by atoms with van der Waals surface area (Å²) in [5.74, 6) is 2.40. The van der Waals surface area contributed by atoms with E-state index >= 15 is 0 Å². The molecule has 0 spiro atoms. The molecule has 2 aliphatic carbocycles. The van der Waals surface area contributed by atoms with Gasteiger partial charge in [0.15, 0.2) is 0 Å². The summed E-state index contributed by atoms with van der Waals surface area (Å²) in [6.45, 7) is 2.73. The Kier molecular flexibility index (Phi) is 4.47. The van der Waals surface area contributed by atoms with Crippen LogP contribution in [0.4, 0.5) is 4.79 Å². The van der Waals surface area contributed by atoms with Crippen molar-refractivity contribution in [2.45, 2.75) is 51.7 Å². The standard InChI is InChI=1S/C18H25NO2/c1-13-7-8-16-11-15(13)9-10-17(16)19-18(20)21-12-14-5-3-2-4-6-14/h2-6,13,15-17H,7-12H2,1H3,(H,19,20)/t13?,15?,16-,17?/m1/s1. The molecule has 1 N–H and O–H groups in total. The maximum Gasteiger partial charge on any atom is 0.407 e. The van der Waals surface area contributed by atoms with Gasteiger partial charge in [0, 0.05) is 6.04 Å². The molecule has 0 radical (unpaired) electrons. The van der Waals surface area contributed by atoms with Crippen LogP contribution >= 0.6 is 0 Å². The number of nitrogens with one attached hydrogen (secondary N) is 1. The van der Waals surface area contributed by atoms with E-state index < -0.39 is 0 Å². The van der Waals surface area contributed by atoms with Gasteiger partial charge in [-0.05, 0) is 49.0 Å². The molecule has 0 heterocycles. The number of hydrogen-bond acceptors (Lipinski definition) is 2. The van der Waals surface area contributed by atoms with Gasteiger partial charge in [-0.15, -0.1) is 0 Å². The van der Waals surface area contributed by atoms with Crippen molar-refractivity contribution in [3.8, 4) is 0 Å². The van der Waals surface area contributed by atoms with Gasteiger partial charge < -0.3 is 10.1 Å². The Balaban J connectivity index is 1.47. The molecule has 1 aromatic carbocycles. The molecule has 2 fully saturated rings. The molecule has 0 saturated heterocycles. The molecular weight excluding hydrogens is 262 g/mol. The van der Waals surface area contributed by atoms with Crippen molar-refractivity contribution >= 4 is 6.09 Å². The van der Waals surface area contributed by atoms with Gasteiger partial charge in [-0.25, -0.2) is 4.79 Å². The zero-order valence-electron chi connectivity index (χ0n) is 12.8. The molecule has 3 heteroatoms. The highest BCUT2D eigenvalue weighted by atomic mass is 16.5. The Morgan fingerprint density at radius 2 is 1.90 bits per heavy atom. The molecule has 4 atom stereocenters. The topological polar surface area (TPSA) is 38.3 Å². The van der Waals surface area contributed by atoms with E-state index in [1.807, 2.05) is 30.3 Å². The molecule has 2 saturated carbocycles. The Labute approximate surface area is 127 Å². The third-order valence-corrected chi connectivity index (χ3v) is 5.34. The molecule has 0 aromatic heterocycles. The number of amides is 1. The molecule has 3 rings (SSSR count). The molecule has 3 unspecified atom stereocenters. The summed E-state index contributed by atoms with van der Waals surface area (Å²) in [4.78, 5) is 12.0. The van der Waals surface area contributed by atoms with Gasteiger partial charge in [0.25, 0.3) is 0 Å². The molecule has 1 amide bonds. The normalized spacial score (nSPS) is 31.5. The number of benzene rings is 1. The van der Waals surface area contributed by atoms with E-state index in [1.165, 1.54) is 25.7 Å². The second-order valence-electron chi connectivity index (χ2n) is 6.70. The fraction of sp³-hybridized carbons (Fsp3) is 0.611. The highest BCUT2D eigenvalue weighted by Gasteiger charge is 2.37. The van der Waals surface area contributed by atoms with Crippen molar-refractivity contribution in [3.63, 3.8) is 0 Å². The fourth-order valence-corrected chi connectivity index (χ4v) is 3.96. The highest BCUT2D eigenvalue weighted by molar-refractivity contribution is 5.67. The smallest absolute Gasteiger partial charge is 0.407 e. The molecule has 3 nitrogen and oxygen atoms in total. The quantitative estimate of drug-likeness (QED) is 0.908. The van der Waals surface area contributed by atoms with Gasteiger partial charge >= 0.3 is 6.09 Å². The number of fused-ring (bicyclic) bond motifs is 2. The summed E-state index contributed by atoms with van der Waals surface area (Å²) in [5.41, 5.74) is 1.03. The Hall–Kier alpha value is -1.51. The molecule has 2 bridgehead atoms. The first-order valence-electron chi connectivity index (χ1n) is 8.19. The first-order chi connectivity index (χ1) is 10.2. The summed E-state index contributed by atoms with van der Waals surface area (Å²) in [6.07, 6.45) is 5.95. The van der Waals surface area contributed by atoms with Crippen LogP contribution in [0.25, 0.3) is 0 Å². The lowest BCUT2D eigenvalue weighted by molar-refractivity contribution is 0.0855. The maximum atomic E-state index is 12.0. The second-order valence-corrected chi connectivity index (χ2v) is 6.70. The Morgan fingerprint density at radius 1 is 1.14 bits per heavy atom. The van der Waals surface area contributed by atoms with Crippen LogP contribution in [-0.4, -0.2) is 12.1 Å². The SMILES string of the molecule is CC1CC[C@@H]2CC1CCC2NC(=O)OCc1ccccc1. The molecule has 21 heavy (non-hydrogen) atoms. The van der Waals surface area contributed by atoms with Gasteiger partial charge in [0.2, 0.25) is 0 Å². The first-order valence-corrected chi connectivity index (χ1v) is 8.19. The van der Waals surface area contributed by atoms with E-state index in [0.29, 0.717) is 18.6 Å². The van der Waals surface area contributed by atoms with Crippen LogP contribution in [-0.2, 0) is 11.3 Å². The van der Waals surface area contributed by atoms with Gasteiger partial charge in [-0.3, -0.25) is 0 Å². The van der Waals surface area contributed by atoms with Crippen molar-refractivity contribution in [3.05, 3.63) is 35.9 Å². The van der Waals surface area contributed by atoms with Gasteiger partial charge in [0.1, 0.15) is 6.61 Å². The monoisotopic (exact) mass is 287 g/mol. The third kappa shape index (κ3) is 3.58. The number of rotatable bonds is 3. The van der Waals surface area contributed by atoms with Crippen molar-refractivity contribution in [1.29, 1.82) is 0 Å². The first kappa shape index (κ1) is 14.4. The molecule has 0 aliphatic heterocycles. The third-order valence-electron chi connectivity index (χ3n) is 5.34. The van der Waals surface area contributed by atoms with E-state index in [4.69, 9.17) is 4.74 Å².